The van der Waals surface area contributed by atoms with Crippen molar-refractivity contribution in [1.29, 1.82) is 0 Å². The number of hydrogen-bond acceptors (Lipinski definition) is 1. The third-order valence-electron chi connectivity index (χ3n) is 3.10. The SMILES string of the molecule is Fc1cc(F)cc(CCCC2CCCN2)c1. The molecule has 1 heterocycles. The molecule has 0 amide bonds. The zero-order valence-corrected chi connectivity index (χ0v) is 9.31. The van der Waals surface area contributed by atoms with Crippen LogP contribution in [0.4, 0.5) is 8.78 Å². The molecule has 1 atom stereocenters. The summed E-state index contributed by atoms with van der Waals surface area (Å²) in [7, 11) is 0. The van der Waals surface area contributed by atoms with E-state index >= 15 is 0 Å². The van der Waals surface area contributed by atoms with Crippen molar-refractivity contribution in [3.63, 3.8) is 0 Å². The first-order valence-electron chi connectivity index (χ1n) is 5.92. The van der Waals surface area contributed by atoms with Gasteiger partial charge in [-0.25, -0.2) is 8.78 Å². The van der Waals surface area contributed by atoms with Crippen LogP contribution in [0.5, 0.6) is 0 Å². The Labute approximate surface area is 94.9 Å². The Balaban J connectivity index is 1.80. The van der Waals surface area contributed by atoms with Crippen LogP contribution in [-0.2, 0) is 6.42 Å². The quantitative estimate of drug-likeness (QED) is 0.830. The summed E-state index contributed by atoms with van der Waals surface area (Å²) in [4.78, 5) is 0. The van der Waals surface area contributed by atoms with Gasteiger partial charge >= 0.3 is 0 Å². The van der Waals surface area contributed by atoms with Crippen LogP contribution in [-0.4, -0.2) is 12.6 Å². The van der Waals surface area contributed by atoms with Crippen molar-refractivity contribution in [2.75, 3.05) is 6.54 Å². The first-order valence-corrected chi connectivity index (χ1v) is 5.92. The van der Waals surface area contributed by atoms with Crippen molar-refractivity contribution in [3.05, 3.63) is 35.4 Å². The average molecular weight is 225 g/mol. The Morgan fingerprint density at radius 3 is 2.56 bits per heavy atom. The first-order chi connectivity index (χ1) is 7.74. The van der Waals surface area contributed by atoms with E-state index < -0.39 is 11.6 Å². The number of aryl methyl sites for hydroxylation is 1. The molecular weight excluding hydrogens is 208 g/mol. The molecule has 1 aromatic rings. The number of benzene rings is 1. The fourth-order valence-electron chi connectivity index (χ4n) is 2.31. The molecule has 1 aromatic carbocycles. The maximum absolute atomic E-state index is 12.9. The van der Waals surface area contributed by atoms with Crippen LogP contribution in [0, 0.1) is 11.6 Å². The molecule has 1 N–H and O–H groups in total. The van der Waals surface area contributed by atoms with E-state index in [2.05, 4.69) is 5.32 Å². The monoisotopic (exact) mass is 225 g/mol. The van der Waals surface area contributed by atoms with E-state index in [0.29, 0.717) is 6.04 Å². The second kappa shape index (κ2) is 5.39. The Hall–Kier alpha value is -0.960. The summed E-state index contributed by atoms with van der Waals surface area (Å²) in [6.45, 7) is 1.11. The second-order valence-electron chi connectivity index (χ2n) is 4.46. The summed E-state index contributed by atoms with van der Waals surface area (Å²) in [5.74, 6) is -0.956. The minimum Gasteiger partial charge on any atom is -0.314 e. The maximum Gasteiger partial charge on any atom is 0.126 e. The summed E-state index contributed by atoms with van der Waals surface area (Å²) in [6, 6.07) is 4.37. The van der Waals surface area contributed by atoms with Gasteiger partial charge in [-0.3, -0.25) is 0 Å². The van der Waals surface area contributed by atoms with E-state index in [9.17, 15) is 8.78 Å². The second-order valence-corrected chi connectivity index (χ2v) is 4.46. The smallest absolute Gasteiger partial charge is 0.126 e. The van der Waals surface area contributed by atoms with Gasteiger partial charge in [0.05, 0.1) is 0 Å². The summed E-state index contributed by atoms with van der Waals surface area (Å²) < 4.78 is 25.8. The lowest BCUT2D eigenvalue weighted by Crippen LogP contribution is -2.21. The summed E-state index contributed by atoms with van der Waals surface area (Å²) in [6.07, 6.45) is 5.32. The highest BCUT2D eigenvalue weighted by molar-refractivity contribution is 5.17. The summed E-state index contributed by atoms with van der Waals surface area (Å²) in [5, 5.41) is 3.42. The Morgan fingerprint density at radius 1 is 1.19 bits per heavy atom. The minimum absolute atomic E-state index is 0.478. The fourth-order valence-corrected chi connectivity index (χ4v) is 2.31. The van der Waals surface area contributed by atoms with E-state index in [4.69, 9.17) is 0 Å². The van der Waals surface area contributed by atoms with Gasteiger partial charge < -0.3 is 5.32 Å². The predicted molar refractivity (Wildman–Crippen MR) is 60.3 cm³/mol. The highest BCUT2D eigenvalue weighted by atomic mass is 19.1. The van der Waals surface area contributed by atoms with Crippen LogP contribution in [0.25, 0.3) is 0 Å². The molecule has 0 bridgehead atoms. The van der Waals surface area contributed by atoms with Gasteiger partial charge in [-0.05, 0) is 56.3 Å². The van der Waals surface area contributed by atoms with E-state index in [-0.39, 0.29) is 0 Å². The first kappa shape index (κ1) is 11.5. The lowest BCUT2D eigenvalue weighted by atomic mass is 10.0. The minimum atomic E-state index is -0.478. The zero-order valence-electron chi connectivity index (χ0n) is 9.31. The lowest BCUT2D eigenvalue weighted by Gasteiger charge is -2.09. The fraction of sp³-hybridized carbons (Fsp3) is 0.538. The molecule has 88 valence electrons. The molecule has 2 rings (SSSR count). The molecule has 1 aliphatic heterocycles. The molecule has 16 heavy (non-hydrogen) atoms. The predicted octanol–water partition coefficient (Wildman–Crippen LogP) is 3.04. The topological polar surface area (TPSA) is 12.0 Å². The van der Waals surface area contributed by atoms with Crippen molar-refractivity contribution in [2.24, 2.45) is 0 Å². The van der Waals surface area contributed by atoms with E-state index in [1.807, 2.05) is 0 Å². The summed E-state index contributed by atoms with van der Waals surface area (Å²) >= 11 is 0. The lowest BCUT2D eigenvalue weighted by molar-refractivity contribution is 0.533. The highest BCUT2D eigenvalue weighted by Crippen LogP contribution is 2.15. The number of rotatable bonds is 4. The van der Waals surface area contributed by atoms with Crippen LogP contribution in [0.2, 0.25) is 0 Å². The van der Waals surface area contributed by atoms with Gasteiger partial charge in [0.2, 0.25) is 0 Å². The molecule has 3 heteroatoms. The van der Waals surface area contributed by atoms with Crippen molar-refractivity contribution >= 4 is 0 Å². The standard InChI is InChI=1S/C13H17F2N/c14-11-7-10(8-12(15)9-11)3-1-4-13-5-2-6-16-13/h7-9,13,16H,1-6H2. The molecule has 0 saturated carbocycles. The molecule has 1 nitrogen and oxygen atoms in total. The Bertz CT molecular complexity index is 326. The van der Waals surface area contributed by atoms with Gasteiger partial charge in [-0.1, -0.05) is 0 Å². The molecule has 0 aliphatic carbocycles. The third-order valence-corrected chi connectivity index (χ3v) is 3.10. The van der Waals surface area contributed by atoms with Crippen molar-refractivity contribution in [2.45, 2.75) is 38.1 Å². The van der Waals surface area contributed by atoms with Crippen molar-refractivity contribution in [3.8, 4) is 0 Å². The Morgan fingerprint density at radius 2 is 1.94 bits per heavy atom. The van der Waals surface area contributed by atoms with E-state index in [0.717, 1.165) is 37.4 Å². The van der Waals surface area contributed by atoms with Crippen LogP contribution in [0.3, 0.4) is 0 Å². The van der Waals surface area contributed by atoms with Gasteiger partial charge in [0.25, 0.3) is 0 Å². The van der Waals surface area contributed by atoms with E-state index in [1.165, 1.54) is 25.0 Å². The van der Waals surface area contributed by atoms with Crippen LogP contribution >= 0.6 is 0 Å². The molecule has 0 radical (unpaired) electrons. The van der Waals surface area contributed by atoms with Crippen LogP contribution < -0.4 is 5.32 Å². The number of hydrogen-bond donors (Lipinski definition) is 1. The van der Waals surface area contributed by atoms with E-state index in [1.54, 1.807) is 0 Å². The molecule has 1 aliphatic rings. The molecule has 1 unspecified atom stereocenters. The van der Waals surface area contributed by atoms with Gasteiger partial charge in [-0.2, -0.15) is 0 Å². The number of nitrogens with one attached hydrogen (secondary N) is 1. The van der Waals surface area contributed by atoms with Crippen LogP contribution in [0.1, 0.15) is 31.2 Å². The normalized spacial score (nSPS) is 20.2. The van der Waals surface area contributed by atoms with Gasteiger partial charge in [0, 0.05) is 12.1 Å². The molecule has 0 spiro atoms. The molecule has 1 fully saturated rings. The molecular formula is C13H17F2N. The zero-order chi connectivity index (χ0) is 11.4. The largest absolute Gasteiger partial charge is 0.314 e. The average Bonchev–Trinajstić information content (AvgIpc) is 2.69. The summed E-state index contributed by atoms with van der Waals surface area (Å²) in [5.41, 5.74) is 0.760. The van der Waals surface area contributed by atoms with Crippen molar-refractivity contribution in [1.82, 2.24) is 5.32 Å². The number of halogens is 2. The maximum atomic E-state index is 12.9. The van der Waals surface area contributed by atoms with Gasteiger partial charge in [-0.15, -0.1) is 0 Å². The van der Waals surface area contributed by atoms with Gasteiger partial charge in [0.15, 0.2) is 0 Å². The molecule has 1 saturated heterocycles. The highest BCUT2D eigenvalue weighted by Gasteiger charge is 2.13. The Kier molecular flexibility index (Phi) is 3.88. The third kappa shape index (κ3) is 3.27. The van der Waals surface area contributed by atoms with Crippen molar-refractivity contribution < 1.29 is 8.78 Å². The van der Waals surface area contributed by atoms with Gasteiger partial charge in [0.1, 0.15) is 11.6 Å². The van der Waals surface area contributed by atoms with Crippen LogP contribution in [0.15, 0.2) is 18.2 Å². The molecule has 0 aromatic heterocycles.